The highest BCUT2D eigenvalue weighted by molar-refractivity contribution is 6.30. The topological polar surface area (TPSA) is 61.4 Å². The minimum absolute atomic E-state index is 0.0580. The molecule has 0 radical (unpaired) electrons. The third kappa shape index (κ3) is 5.15. The number of anilines is 1. The van der Waals surface area contributed by atoms with Gasteiger partial charge in [-0.2, -0.15) is 0 Å². The van der Waals surface area contributed by atoms with Crippen molar-refractivity contribution in [2.45, 2.75) is 12.5 Å². The predicted octanol–water partition coefficient (Wildman–Crippen LogP) is 2.99. The van der Waals surface area contributed by atoms with E-state index in [-0.39, 0.29) is 25.1 Å². The van der Waals surface area contributed by atoms with Crippen molar-refractivity contribution in [2.24, 2.45) is 0 Å². The van der Waals surface area contributed by atoms with Gasteiger partial charge in [-0.15, -0.1) is 0 Å². The number of nitrogens with one attached hydrogen (secondary N) is 2. The third-order valence-electron chi connectivity index (χ3n) is 3.24. The van der Waals surface area contributed by atoms with E-state index in [2.05, 4.69) is 10.6 Å². The van der Waals surface area contributed by atoms with Gasteiger partial charge in [0.2, 0.25) is 5.91 Å². The molecule has 0 spiro atoms. The zero-order valence-electron chi connectivity index (χ0n) is 12.1. The minimum Gasteiger partial charge on any atom is -0.396 e. The number of carbonyl (C=O) groups excluding carboxylic acids is 1. The smallest absolute Gasteiger partial charge is 0.238 e. The Kier molecular flexibility index (Phi) is 6.40. The van der Waals surface area contributed by atoms with Crippen LogP contribution in [0.4, 0.5) is 5.69 Å². The number of benzene rings is 2. The van der Waals surface area contributed by atoms with Crippen LogP contribution in [-0.4, -0.2) is 24.2 Å². The van der Waals surface area contributed by atoms with Crippen LogP contribution in [0.1, 0.15) is 18.0 Å². The minimum atomic E-state index is -0.152. The first-order valence-electron chi connectivity index (χ1n) is 7.13. The fourth-order valence-corrected chi connectivity index (χ4v) is 2.38. The molecular formula is C17H19ClN2O2. The number of amides is 1. The summed E-state index contributed by atoms with van der Waals surface area (Å²) in [5.41, 5.74) is 1.71. The van der Waals surface area contributed by atoms with Crippen LogP contribution in [0.2, 0.25) is 5.02 Å². The molecule has 0 fully saturated rings. The Bertz CT molecular complexity index is 605. The summed E-state index contributed by atoms with van der Waals surface area (Å²) in [5.74, 6) is -0.152. The van der Waals surface area contributed by atoms with Crippen molar-refractivity contribution in [1.82, 2.24) is 5.32 Å². The molecule has 0 aliphatic carbocycles. The number of rotatable bonds is 7. The molecular weight excluding hydrogens is 300 g/mol. The van der Waals surface area contributed by atoms with E-state index < -0.39 is 0 Å². The monoisotopic (exact) mass is 318 g/mol. The normalized spacial score (nSPS) is 11.9. The molecule has 1 amide bonds. The molecule has 1 atom stereocenters. The predicted molar refractivity (Wildman–Crippen MR) is 89.0 cm³/mol. The van der Waals surface area contributed by atoms with Crippen LogP contribution in [0.3, 0.4) is 0 Å². The van der Waals surface area contributed by atoms with E-state index in [9.17, 15) is 9.90 Å². The lowest BCUT2D eigenvalue weighted by Crippen LogP contribution is -2.31. The first-order valence-corrected chi connectivity index (χ1v) is 7.51. The largest absolute Gasteiger partial charge is 0.396 e. The molecule has 4 nitrogen and oxygen atoms in total. The summed E-state index contributed by atoms with van der Waals surface area (Å²) in [4.78, 5) is 12.0. The molecule has 0 saturated heterocycles. The molecule has 3 N–H and O–H groups in total. The third-order valence-corrected chi connectivity index (χ3v) is 3.47. The lowest BCUT2D eigenvalue weighted by atomic mass is 10.0. The molecule has 2 aromatic rings. The Morgan fingerprint density at radius 2 is 1.91 bits per heavy atom. The Morgan fingerprint density at radius 3 is 2.59 bits per heavy atom. The maximum absolute atomic E-state index is 12.0. The summed E-state index contributed by atoms with van der Waals surface area (Å²) in [7, 11) is 0. The Balaban J connectivity index is 1.90. The number of hydrogen-bond acceptors (Lipinski definition) is 3. The average Bonchev–Trinajstić information content (AvgIpc) is 2.52. The molecule has 0 saturated carbocycles. The van der Waals surface area contributed by atoms with Gasteiger partial charge in [0.05, 0.1) is 6.54 Å². The summed E-state index contributed by atoms with van der Waals surface area (Å²) in [5, 5.41) is 15.7. The maximum atomic E-state index is 12.0. The summed E-state index contributed by atoms with van der Waals surface area (Å²) >= 11 is 5.88. The van der Waals surface area contributed by atoms with Crippen molar-refractivity contribution in [2.75, 3.05) is 18.5 Å². The molecule has 2 aromatic carbocycles. The average molecular weight is 319 g/mol. The Hall–Kier alpha value is -1.88. The highest BCUT2D eigenvalue weighted by Gasteiger charge is 2.12. The second-order valence-electron chi connectivity index (χ2n) is 4.91. The fourth-order valence-electron chi connectivity index (χ4n) is 2.19. The molecule has 0 aromatic heterocycles. The number of hydrogen-bond donors (Lipinski definition) is 3. The van der Waals surface area contributed by atoms with E-state index in [1.54, 1.807) is 24.3 Å². The van der Waals surface area contributed by atoms with Gasteiger partial charge < -0.3 is 15.7 Å². The van der Waals surface area contributed by atoms with E-state index in [1.165, 1.54) is 0 Å². The van der Waals surface area contributed by atoms with E-state index in [1.807, 2.05) is 30.3 Å². The zero-order valence-corrected chi connectivity index (χ0v) is 12.9. The maximum Gasteiger partial charge on any atom is 0.238 e. The van der Waals surface area contributed by atoms with E-state index in [0.29, 0.717) is 17.1 Å². The molecule has 0 heterocycles. The van der Waals surface area contributed by atoms with Crippen LogP contribution >= 0.6 is 11.6 Å². The second kappa shape index (κ2) is 8.54. The molecule has 0 aliphatic rings. The van der Waals surface area contributed by atoms with Crippen LogP contribution in [0.15, 0.2) is 54.6 Å². The molecule has 2 rings (SSSR count). The van der Waals surface area contributed by atoms with E-state index in [4.69, 9.17) is 11.6 Å². The lowest BCUT2D eigenvalue weighted by Gasteiger charge is -2.18. The first kappa shape index (κ1) is 16.5. The van der Waals surface area contributed by atoms with Crippen molar-refractivity contribution in [3.63, 3.8) is 0 Å². The van der Waals surface area contributed by atoms with E-state index >= 15 is 0 Å². The van der Waals surface area contributed by atoms with Gasteiger partial charge in [0.1, 0.15) is 0 Å². The molecule has 5 heteroatoms. The van der Waals surface area contributed by atoms with Crippen LogP contribution in [0, 0.1) is 0 Å². The van der Waals surface area contributed by atoms with Crippen LogP contribution in [0.25, 0.3) is 0 Å². The van der Waals surface area contributed by atoms with Crippen LogP contribution in [-0.2, 0) is 4.79 Å². The van der Waals surface area contributed by atoms with Gasteiger partial charge >= 0.3 is 0 Å². The highest BCUT2D eigenvalue weighted by atomic mass is 35.5. The number of aliphatic hydroxyl groups is 1. The molecule has 0 bridgehead atoms. The number of halogens is 1. The van der Waals surface area contributed by atoms with Gasteiger partial charge in [0.25, 0.3) is 0 Å². The summed E-state index contributed by atoms with van der Waals surface area (Å²) in [6.45, 7) is 0.217. The SMILES string of the molecule is O=C(CNC(CCO)c1ccccc1)Nc1cccc(Cl)c1. The van der Waals surface area contributed by atoms with Crippen molar-refractivity contribution in [3.05, 3.63) is 65.2 Å². The van der Waals surface area contributed by atoms with Gasteiger partial charge in [-0.25, -0.2) is 0 Å². The van der Waals surface area contributed by atoms with Crippen molar-refractivity contribution >= 4 is 23.2 Å². The molecule has 1 unspecified atom stereocenters. The first-order chi connectivity index (χ1) is 10.7. The van der Waals surface area contributed by atoms with Gasteiger partial charge in [-0.05, 0) is 30.2 Å². The Morgan fingerprint density at radius 1 is 1.14 bits per heavy atom. The van der Waals surface area contributed by atoms with Crippen LogP contribution < -0.4 is 10.6 Å². The van der Waals surface area contributed by atoms with Gasteiger partial charge in [0.15, 0.2) is 0 Å². The highest BCUT2D eigenvalue weighted by Crippen LogP contribution is 2.16. The van der Waals surface area contributed by atoms with Gasteiger partial charge in [-0.3, -0.25) is 4.79 Å². The van der Waals surface area contributed by atoms with E-state index in [0.717, 1.165) is 5.56 Å². The lowest BCUT2D eigenvalue weighted by molar-refractivity contribution is -0.115. The fraction of sp³-hybridized carbons (Fsp3) is 0.235. The van der Waals surface area contributed by atoms with Crippen LogP contribution in [0.5, 0.6) is 0 Å². The number of aliphatic hydroxyl groups excluding tert-OH is 1. The van der Waals surface area contributed by atoms with Gasteiger partial charge in [0, 0.05) is 23.4 Å². The summed E-state index contributed by atoms with van der Waals surface area (Å²) in [6.07, 6.45) is 0.550. The molecule has 116 valence electrons. The standard InChI is InChI=1S/C17H19ClN2O2/c18-14-7-4-8-15(11-14)20-17(22)12-19-16(9-10-21)13-5-2-1-3-6-13/h1-8,11,16,19,21H,9-10,12H2,(H,20,22). The quantitative estimate of drug-likeness (QED) is 0.735. The Labute approximate surface area is 135 Å². The summed E-state index contributed by atoms with van der Waals surface area (Å²) in [6, 6.07) is 16.7. The summed E-state index contributed by atoms with van der Waals surface area (Å²) < 4.78 is 0. The molecule has 22 heavy (non-hydrogen) atoms. The second-order valence-corrected chi connectivity index (χ2v) is 5.35. The molecule has 0 aliphatic heterocycles. The van der Waals surface area contributed by atoms with Gasteiger partial charge in [-0.1, -0.05) is 48.0 Å². The number of carbonyl (C=O) groups is 1. The van der Waals surface area contributed by atoms with Crippen molar-refractivity contribution in [1.29, 1.82) is 0 Å². The van der Waals surface area contributed by atoms with Crippen molar-refractivity contribution < 1.29 is 9.90 Å². The zero-order chi connectivity index (χ0) is 15.8. The van der Waals surface area contributed by atoms with Crippen molar-refractivity contribution in [3.8, 4) is 0 Å².